The molecule has 0 aliphatic carbocycles. The highest BCUT2D eigenvalue weighted by atomic mass is 16.5. The van der Waals surface area contributed by atoms with Crippen molar-refractivity contribution in [3.8, 4) is 17.2 Å². The average molecular weight is 468 g/mol. The molecule has 1 unspecified atom stereocenters. The number of benzene rings is 3. The molecule has 3 N–H and O–H groups in total. The molecule has 0 aliphatic rings. The number of ether oxygens (including phenoxy) is 3. The Bertz CT molecular complexity index is 1040. The summed E-state index contributed by atoms with van der Waals surface area (Å²) in [7, 11) is 4.94. The molecule has 8 nitrogen and oxygen atoms in total. The molecule has 1 atom stereocenters. The van der Waals surface area contributed by atoms with Crippen LogP contribution >= 0.6 is 0 Å². The van der Waals surface area contributed by atoms with Crippen LogP contribution < -0.4 is 19.5 Å². The van der Waals surface area contributed by atoms with Gasteiger partial charge in [0.1, 0.15) is 5.75 Å². The fourth-order valence-electron chi connectivity index (χ4n) is 3.31. The minimum atomic E-state index is -1.82. The van der Waals surface area contributed by atoms with E-state index in [4.69, 9.17) is 34.0 Å². The summed E-state index contributed by atoms with van der Waals surface area (Å²) in [6.07, 6.45) is 0.903. The molecule has 3 aromatic carbocycles. The van der Waals surface area contributed by atoms with Crippen molar-refractivity contribution in [2.24, 2.45) is 0 Å². The lowest BCUT2D eigenvalue weighted by molar-refractivity contribution is -0.159. The van der Waals surface area contributed by atoms with Crippen LogP contribution in [0.15, 0.2) is 72.8 Å². The van der Waals surface area contributed by atoms with Gasteiger partial charge in [0.05, 0.1) is 21.3 Å². The predicted octanol–water partition coefficient (Wildman–Crippen LogP) is 3.94. The van der Waals surface area contributed by atoms with Crippen LogP contribution in [-0.2, 0) is 22.6 Å². The van der Waals surface area contributed by atoms with E-state index in [0.717, 1.165) is 17.7 Å². The number of hydrogen-bond acceptors (Lipinski definition) is 6. The van der Waals surface area contributed by atoms with Crippen molar-refractivity contribution in [1.82, 2.24) is 5.32 Å². The number of rotatable bonds is 9. The Balaban J connectivity index is 0.000000604. The molecule has 0 aliphatic heterocycles. The fraction of sp³-hybridized carbons (Fsp3) is 0.231. The van der Waals surface area contributed by atoms with Crippen LogP contribution in [0, 0.1) is 0 Å². The normalized spacial score (nSPS) is 10.9. The van der Waals surface area contributed by atoms with Gasteiger partial charge in [-0.15, -0.1) is 0 Å². The topological polar surface area (TPSA) is 114 Å². The van der Waals surface area contributed by atoms with E-state index in [1.165, 1.54) is 11.1 Å². The quantitative estimate of drug-likeness (QED) is 0.406. The zero-order valence-corrected chi connectivity index (χ0v) is 19.4. The van der Waals surface area contributed by atoms with Crippen LogP contribution in [-0.4, -0.2) is 43.5 Å². The monoisotopic (exact) mass is 467 g/mol. The molecule has 0 spiro atoms. The van der Waals surface area contributed by atoms with Crippen molar-refractivity contribution in [3.05, 3.63) is 89.5 Å². The van der Waals surface area contributed by atoms with Gasteiger partial charge >= 0.3 is 11.9 Å². The highest BCUT2D eigenvalue weighted by Gasteiger charge is 2.16. The van der Waals surface area contributed by atoms with Gasteiger partial charge in [0.25, 0.3) is 0 Å². The fourth-order valence-corrected chi connectivity index (χ4v) is 3.31. The molecular formula is C26H29NO7. The largest absolute Gasteiger partial charge is 0.496 e. The standard InChI is InChI=1S/C24H27NO3.C2H2O4/c1-26-22-16-24(28-3)23(27-2)15-20(22)17-25-21(19-12-8-5-9-13-19)14-18-10-6-4-7-11-18;3-1(4)2(5)6/h4-13,15-16,21,25H,14,17H2,1-3H3;(H,3,4)(H,5,6). The molecular weight excluding hydrogens is 438 g/mol. The van der Waals surface area contributed by atoms with Crippen LogP contribution in [0.2, 0.25) is 0 Å². The van der Waals surface area contributed by atoms with E-state index in [9.17, 15) is 0 Å². The zero-order chi connectivity index (χ0) is 24.9. The summed E-state index contributed by atoms with van der Waals surface area (Å²) in [5, 5.41) is 18.5. The van der Waals surface area contributed by atoms with Gasteiger partial charge in [-0.3, -0.25) is 0 Å². The number of methoxy groups -OCH3 is 3. The molecule has 180 valence electrons. The van der Waals surface area contributed by atoms with E-state index in [1.54, 1.807) is 21.3 Å². The molecule has 0 aromatic heterocycles. The smallest absolute Gasteiger partial charge is 0.414 e. The Morgan fingerprint density at radius 3 is 1.76 bits per heavy atom. The van der Waals surface area contributed by atoms with Gasteiger partial charge in [0, 0.05) is 24.2 Å². The molecule has 0 fully saturated rings. The Morgan fingerprint density at radius 1 is 0.765 bits per heavy atom. The molecule has 34 heavy (non-hydrogen) atoms. The Hall–Kier alpha value is -4.04. The lowest BCUT2D eigenvalue weighted by Crippen LogP contribution is -2.23. The maximum absolute atomic E-state index is 9.10. The summed E-state index contributed by atoms with van der Waals surface area (Å²) in [6.45, 7) is 0.649. The van der Waals surface area contributed by atoms with Crippen LogP contribution in [0.4, 0.5) is 0 Å². The molecule has 0 heterocycles. The number of nitrogens with one attached hydrogen (secondary N) is 1. The first-order chi connectivity index (χ1) is 16.4. The predicted molar refractivity (Wildman–Crippen MR) is 128 cm³/mol. The molecule has 3 rings (SSSR count). The average Bonchev–Trinajstić information content (AvgIpc) is 2.87. The maximum atomic E-state index is 9.10. The van der Waals surface area contributed by atoms with Crippen molar-refractivity contribution < 1.29 is 34.0 Å². The summed E-state index contributed by atoms with van der Waals surface area (Å²) in [4.78, 5) is 18.2. The molecule has 0 bridgehead atoms. The van der Waals surface area contributed by atoms with Gasteiger partial charge in [-0.05, 0) is 23.6 Å². The number of carboxylic acids is 2. The van der Waals surface area contributed by atoms with E-state index in [1.807, 2.05) is 24.3 Å². The lowest BCUT2D eigenvalue weighted by Gasteiger charge is -2.21. The third-order valence-corrected chi connectivity index (χ3v) is 4.99. The summed E-state index contributed by atoms with van der Waals surface area (Å²) in [5.74, 6) is -1.52. The van der Waals surface area contributed by atoms with Gasteiger partial charge < -0.3 is 29.7 Å². The Labute approximate surface area is 198 Å². The van der Waals surface area contributed by atoms with Gasteiger partial charge in [-0.1, -0.05) is 60.7 Å². The second kappa shape index (κ2) is 13.5. The second-order valence-corrected chi connectivity index (χ2v) is 7.16. The molecule has 0 radical (unpaired) electrons. The molecule has 0 amide bonds. The minimum Gasteiger partial charge on any atom is -0.496 e. The summed E-state index contributed by atoms with van der Waals surface area (Å²) >= 11 is 0. The zero-order valence-electron chi connectivity index (χ0n) is 19.4. The minimum absolute atomic E-state index is 0.182. The van der Waals surface area contributed by atoms with E-state index in [0.29, 0.717) is 18.0 Å². The van der Waals surface area contributed by atoms with Crippen LogP contribution in [0.25, 0.3) is 0 Å². The SMILES string of the molecule is COc1cc(OC)c(OC)cc1CNC(Cc1ccccc1)c1ccccc1.O=C(O)C(=O)O. The van der Waals surface area contributed by atoms with Gasteiger partial charge in [-0.2, -0.15) is 0 Å². The number of carbonyl (C=O) groups is 2. The maximum Gasteiger partial charge on any atom is 0.414 e. The van der Waals surface area contributed by atoms with Crippen LogP contribution in [0.3, 0.4) is 0 Å². The van der Waals surface area contributed by atoms with E-state index in [-0.39, 0.29) is 6.04 Å². The first-order valence-corrected chi connectivity index (χ1v) is 10.5. The molecule has 8 heteroatoms. The van der Waals surface area contributed by atoms with E-state index >= 15 is 0 Å². The van der Waals surface area contributed by atoms with Gasteiger partial charge in [0.15, 0.2) is 11.5 Å². The lowest BCUT2D eigenvalue weighted by atomic mass is 9.98. The third-order valence-electron chi connectivity index (χ3n) is 4.99. The van der Waals surface area contributed by atoms with Crippen molar-refractivity contribution in [1.29, 1.82) is 0 Å². The van der Waals surface area contributed by atoms with Crippen molar-refractivity contribution in [3.63, 3.8) is 0 Å². The number of aliphatic carboxylic acids is 2. The molecule has 0 saturated heterocycles. The summed E-state index contributed by atoms with van der Waals surface area (Å²) in [6, 6.07) is 25.0. The van der Waals surface area contributed by atoms with E-state index < -0.39 is 11.9 Å². The van der Waals surface area contributed by atoms with Gasteiger partial charge in [-0.25, -0.2) is 9.59 Å². The van der Waals surface area contributed by atoms with Gasteiger partial charge in [0.2, 0.25) is 0 Å². The van der Waals surface area contributed by atoms with Crippen molar-refractivity contribution >= 4 is 11.9 Å². The first-order valence-electron chi connectivity index (χ1n) is 10.5. The van der Waals surface area contributed by atoms with Crippen molar-refractivity contribution in [2.45, 2.75) is 19.0 Å². The first kappa shape index (κ1) is 26.2. The molecule has 0 saturated carbocycles. The summed E-state index contributed by atoms with van der Waals surface area (Å²) in [5.41, 5.74) is 3.57. The third kappa shape index (κ3) is 7.83. The Morgan fingerprint density at radius 2 is 1.26 bits per heavy atom. The highest BCUT2D eigenvalue weighted by Crippen LogP contribution is 2.35. The number of hydrogen-bond donors (Lipinski definition) is 3. The number of carboxylic acid groups (broad SMARTS) is 2. The van der Waals surface area contributed by atoms with Crippen LogP contribution in [0.5, 0.6) is 17.2 Å². The highest BCUT2D eigenvalue weighted by molar-refractivity contribution is 6.27. The van der Waals surface area contributed by atoms with Crippen molar-refractivity contribution in [2.75, 3.05) is 21.3 Å². The second-order valence-electron chi connectivity index (χ2n) is 7.16. The Kier molecular flexibility index (Phi) is 10.4. The molecule has 3 aromatic rings. The van der Waals surface area contributed by atoms with Crippen LogP contribution in [0.1, 0.15) is 22.7 Å². The summed E-state index contributed by atoms with van der Waals surface area (Å²) < 4.78 is 16.4. The van der Waals surface area contributed by atoms with E-state index in [2.05, 4.69) is 53.8 Å².